The summed E-state index contributed by atoms with van der Waals surface area (Å²) >= 11 is 3.36. The van der Waals surface area contributed by atoms with Crippen LogP contribution in [0.1, 0.15) is 15.9 Å². The van der Waals surface area contributed by atoms with Gasteiger partial charge in [0.15, 0.2) is 0 Å². The smallest absolute Gasteiger partial charge is 0.272 e. The number of hydrogen-bond acceptors (Lipinski definition) is 2. The third-order valence-electron chi connectivity index (χ3n) is 3.89. The molecular weight excluding hydrogens is 342 g/mol. The fraction of sp³-hybridized carbons (Fsp3) is 0. The largest absolute Gasteiger partial charge is 0.618 e. The van der Waals surface area contributed by atoms with Crippen molar-refractivity contribution < 1.29 is 9.53 Å². The summed E-state index contributed by atoms with van der Waals surface area (Å²) in [4.78, 5) is 12.8. The maximum Gasteiger partial charge on any atom is 0.272 e. The minimum absolute atomic E-state index is 0.179. The molecular formula is C18H10BrNO2. The van der Waals surface area contributed by atoms with Crippen molar-refractivity contribution in [3.8, 4) is 0 Å². The second kappa shape index (κ2) is 4.78. The zero-order chi connectivity index (χ0) is 15.3. The van der Waals surface area contributed by atoms with E-state index in [4.69, 9.17) is 0 Å². The second-order valence-corrected chi connectivity index (χ2v) is 6.08. The maximum atomic E-state index is 12.8. The molecule has 1 aliphatic rings. The third kappa shape index (κ3) is 1.81. The van der Waals surface area contributed by atoms with Crippen molar-refractivity contribution in [1.29, 1.82) is 0 Å². The molecule has 3 aromatic carbocycles. The van der Waals surface area contributed by atoms with Crippen molar-refractivity contribution in [3.63, 3.8) is 0 Å². The Hall–Kier alpha value is -2.46. The molecule has 0 amide bonds. The first-order valence-corrected chi connectivity index (χ1v) is 7.63. The average molecular weight is 352 g/mol. The Kier molecular flexibility index (Phi) is 2.87. The highest BCUT2D eigenvalue weighted by molar-refractivity contribution is 9.10. The molecule has 0 saturated heterocycles. The molecule has 0 saturated carbocycles. The zero-order valence-corrected chi connectivity index (χ0v) is 13.0. The van der Waals surface area contributed by atoms with Gasteiger partial charge in [0, 0.05) is 10.5 Å². The fourth-order valence-corrected chi connectivity index (χ4v) is 3.12. The Bertz CT molecular complexity index is 958. The molecule has 0 aliphatic carbocycles. The first-order valence-electron chi connectivity index (χ1n) is 6.83. The summed E-state index contributed by atoms with van der Waals surface area (Å²) in [6.45, 7) is 0. The summed E-state index contributed by atoms with van der Waals surface area (Å²) in [5.41, 5.74) is 1.72. The number of fused-ring (bicyclic) bond motifs is 3. The molecule has 0 unspecified atom stereocenters. The van der Waals surface area contributed by atoms with Crippen LogP contribution in [0.3, 0.4) is 0 Å². The molecule has 0 radical (unpaired) electrons. The average Bonchev–Trinajstić information content (AvgIpc) is 2.80. The van der Waals surface area contributed by atoms with E-state index in [1.165, 1.54) is 0 Å². The molecule has 3 aromatic rings. The van der Waals surface area contributed by atoms with Crippen LogP contribution in [0.25, 0.3) is 10.8 Å². The van der Waals surface area contributed by atoms with E-state index in [0.717, 1.165) is 20.0 Å². The molecule has 0 bridgehead atoms. The quantitative estimate of drug-likeness (QED) is 0.480. The molecule has 1 heterocycles. The van der Waals surface area contributed by atoms with Gasteiger partial charge in [-0.25, -0.2) is 0 Å². The van der Waals surface area contributed by atoms with Gasteiger partial charge in [-0.15, -0.1) is 0 Å². The van der Waals surface area contributed by atoms with Gasteiger partial charge >= 0.3 is 0 Å². The van der Waals surface area contributed by atoms with E-state index in [2.05, 4.69) is 15.9 Å². The minimum Gasteiger partial charge on any atom is -0.618 e. The molecule has 1 aliphatic heterocycles. The highest BCUT2D eigenvalue weighted by Crippen LogP contribution is 2.34. The van der Waals surface area contributed by atoms with Gasteiger partial charge in [0.25, 0.3) is 11.5 Å². The number of rotatable bonds is 1. The summed E-state index contributed by atoms with van der Waals surface area (Å²) < 4.78 is 1.65. The van der Waals surface area contributed by atoms with E-state index >= 15 is 0 Å². The fourth-order valence-electron chi connectivity index (χ4n) is 2.86. The van der Waals surface area contributed by atoms with E-state index in [-0.39, 0.29) is 11.5 Å². The number of carbonyl (C=O) groups excluding carboxylic acids is 1. The van der Waals surface area contributed by atoms with Crippen LogP contribution in [0, 0.1) is 5.21 Å². The predicted octanol–water partition coefficient (Wildman–Crippen LogP) is 4.43. The molecule has 4 heteroatoms. The number of carbonyl (C=O) groups is 1. The topological polar surface area (TPSA) is 43.1 Å². The van der Waals surface area contributed by atoms with Gasteiger partial charge in [-0.2, -0.15) is 4.74 Å². The number of nitrogens with zero attached hydrogens (tertiary/aromatic N) is 1. The lowest BCUT2D eigenvalue weighted by molar-refractivity contribution is -0.355. The normalized spacial score (nSPS) is 13.8. The van der Waals surface area contributed by atoms with Crippen molar-refractivity contribution in [2.75, 3.05) is 0 Å². The van der Waals surface area contributed by atoms with Crippen LogP contribution in [0.15, 0.2) is 65.1 Å². The monoisotopic (exact) mass is 351 g/mol. The molecule has 0 aromatic heterocycles. The number of hydrogen-bond donors (Lipinski definition) is 0. The van der Waals surface area contributed by atoms with E-state index in [1.807, 2.05) is 42.5 Å². The van der Waals surface area contributed by atoms with Gasteiger partial charge in [0.05, 0.1) is 5.56 Å². The highest BCUT2D eigenvalue weighted by Gasteiger charge is 2.37. The van der Waals surface area contributed by atoms with Gasteiger partial charge < -0.3 is 5.21 Å². The second-order valence-electron chi connectivity index (χ2n) is 5.16. The van der Waals surface area contributed by atoms with E-state index in [0.29, 0.717) is 16.8 Å². The Morgan fingerprint density at radius 3 is 2.41 bits per heavy atom. The summed E-state index contributed by atoms with van der Waals surface area (Å²) in [6.07, 6.45) is 0. The van der Waals surface area contributed by atoms with Crippen LogP contribution in [0.4, 0.5) is 5.69 Å². The number of halogens is 1. The SMILES string of the molecule is O=C1C(c2ccc(Br)cc2)=[N+]([O-])c2ccc3ccccc3c21. The summed E-state index contributed by atoms with van der Waals surface area (Å²) in [5.74, 6) is -0.218. The van der Waals surface area contributed by atoms with Gasteiger partial charge in [-0.3, -0.25) is 4.79 Å². The van der Waals surface area contributed by atoms with Crippen molar-refractivity contribution in [3.05, 3.63) is 81.5 Å². The van der Waals surface area contributed by atoms with Gasteiger partial charge in [-0.1, -0.05) is 40.2 Å². The number of Topliss-reactive ketones (excluding diaryl/α,β-unsaturated/α-hetero) is 1. The highest BCUT2D eigenvalue weighted by atomic mass is 79.9. The van der Waals surface area contributed by atoms with Gasteiger partial charge in [-0.05, 0) is 41.1 Å². The summed E-state index contributed by atoms with van der Waals surface area (Å²) in [5, 5.41) is 14.4. The number of ketones is 1. The molecule has 0 atom stereocenters. The van der Waals surface area contributed by atoms with Gasteiger partial charge in [0.2, 0.25) is 5.69 Å². The van der Waals surface area contributed by atoms with Gasteiger partial charge in [0.1, 0.15) is 5.56 Å². The molecule has 0 fully saturated rings. The lowest BCUT2D eigenvalue weighted by Crippen LogP contribution is -2.16. The Balaban J connectivity index is 1.97. The van der Waals surface area contributed by atoms with Crippen molar-refractivity contribution >= 4 is 43.9 Å². The van der Waals surface area contributed by atoms with Crippen LogP contribution in [-0.4, -0.2) is 16.2 Å². The lowest BCUT2D eigenvalue weighted by atomic mass is 9.97. The minimum atomic E-state index is -0.218. The Labute approximate surface area is 135 Å². The Morgan fingerprint density at radius 2 is 1.64 bits per heavy atom. The zero-order valence-electron chi connectivity index (χ0n) is 11.4. The van der Waals surface area contributed by atoms with Crippen molar-refractivity contribution in [1.82, 2.24) is 0 Å². The first-order chi connectivity index (χ1) is 10.7. The maximum absolute atomic E-state index is 12.8. The molecule has 22 heavy (non-hydrogen) atoms. The van der Waals surface area contributed by atoms with E-state index < -0.39 is 0 Å². The summed E-state index contributed by atoms with van der Waals surface area (Å²) in [6, 6.07) is 18.4. The van der Waals surface area contributed by atoms with Crippen LogP contribution >= 0.6 is 15.9 Å². The molecule has 0 N–H and O–H groups in total. The van der Waals surface area contributed by atoms with Crippen molar-refractivity contribution in [2.45, 2.75) is 0 Å². The first kappa shape index (κ1) is 13.2. The molecule has 106 valence electrons. The van der Waals surface area contributed by atoms with E-state index in [1.54, 1.807) is 18.2 Å². The molecule has 0 spiro atoms. The number of benzene rings is 3. The van der Waals surface area contributed by atoms with Crippen LogP contribution in [-0.2, 0) is 0 Å². The van der Waals surface area contributed by atoms with Crippen molar-refractivity contribution in [2.24, 2.45) is 0 Å². The standard InChI is InChI=1S/C18H10BrNO2/c19-13-8-5-12(6-9-13)17-18(21)16-14-4-2-1-3-11(14)7-10-15(16)20(17)22/h1-10H. The third-order valence-corrected chi connectivity index (χ3v) is 4.42. The van der Waals surface area contributed by atoms with E-state index in [9.17, 15) is 10.0 Å². The predicted molar refractivity (Wildman–Crippen MR) is 89.8 cm³/mol. The van der Waals surface area contributed by atoms with Crippen LogP contribution in [0.5, 0.6) is 0 Å². The van der Waals surface area contributed by atoms with Crippen LogP contribution < -0.4 is 0 Å². The molecule has 4 rings (SSSR count). The Morgan fingerprint density at radius 1 is 0.909 bits per heavy atom. The molecule has 3 nitrogen and oxygen atoms in total. The van der Waals surface area contributed by atoms with Crippen LogP contribution in [0.2, 0.25) is 0 Å². The summed E-state index contributed by atoms with van der Waals surface area (Å²) in [7, 11) is 0. The lowest BCUT2D eigenvalue weighted by Gasteiger charge is -2.03.